The van der Waals surface area contributed by atoms with Gasteiger partial charge in [0.15, 0.2) is 5.75 Å². The molecular formula is C12H12NO2. The number of aliphatic hydroxyl groups excluding tert-OH is 1. The molecule has 1 radical (unpaired) electrons. The van der Waals surface area contributed by atoms with Crippen molar-refractivity contribution >= 4 is 10.9 Å². The second-order valence-corrected chi connectivity index (χ2v) is 3.47. The zero-order valence-corrected chi connectivity index (χ0v) is 8.53. The third-order valence-electron chi connectivity index (χ3n) is 2.43. The molecule has 0 spiro atoms. The Hall–Kier alpha value is -1.61. The molecule has 1 aromatic heterocycles. The number of benzene rings is 1. The van der Waals surface area contributed by atoms with Crippen LogP contribution in [0.4, 0.5) is 0 Å². The largest absolute Gasteiger partial charge is 0.392 e. The van der Waals surface area contributed by atoms with Crippen molar-refractivity contribution in [3.63, 3.8) is 0 Å². The molecule has 0 atom stereocenters. The Kier molecular flexibility index (Phi) is 2.56. The number of hydrogen-bond donors (Lipinski definition) is 1. The smallest absolute Gasteiger partial charge is 0.189 e. The second-order valence-electron chi connectivity index (χ2n) is 3.47. The normalized spacial score (nSPS) is 10.8. The van der Waals surface area contributed by atoms with Crippen LogP contribution >= 0.6 is 0 Å². The van der Waals surface area contributed by atoms with Gasteiger partial charge in [0.25, 0.3) is 0 Å². The van der Waals surface area contributed by atoms with Crippen LogP contribution in [0, 0.1) is 0 Å². The van der Waals surface area contributed by atoms with Crippen LogP contribution in [0.1, 0.15) is 18.2 Å². The molecule has 0 aliphatic carbocycles. The van der Waals surface area contributed by atoms with E-state index in [4.69, 9.17) is 5.11 Å². The highest BCUT2D eigenvalue weighted by Gasteiger charge is 2.05. The molecule has 15 heavy (non-hydrogen) atoms. The molecule has 0 aliphatic rings. The van der Waals surface area contributed by atoms with Gasteiger partial charge in [-0.1, -0.05) is 13.0 Å². The van der Waals surface area contributed by atoms with Gasteiger partial charge in [-0.05, 0) is 24.1 Å². The minimum absolute atomic E-state index is 0.00124. The lowest BCUT2D eigenvalue weighted by Gasteiger charge is -2.03. The minimum atomic E-state index is -0.0256. The fourth-order valence-corrected chi connectivity index (χ4v) is 1.57. The molecule has 0 amide bonds. The molecule has 2 aromatic rings. The first kappa shape index (κ1) is 9.93. The zero-order chi connectivity index (χ0) is 10.8. The van der Waals surface area contributed by atoms with Crippen molar-refractivity contribution in [2.45, 2.75) is 20.0 Å². The summed E-state index contributed by atoms with van der Waals surface area (Å²) >= 11 is 0. The highest BCUT2D eigenvalue weighted by molar-refractivity contribution is 5.85. The van der Waals surface area contributed by atoms with Gasteiger partial charge in [0.1, 0.15) is 0 Å². The maximum Gasteiger partial charge on any atom is 0.189 e. The van der Waals surface area contributed by atoms with Crippen molar-refractivity contribution in [3.8, 4) is 5.75 Å². The van der Waals surface area contributed by atoms with Crippen molar-refractivity contribution in [3.05, 3.63) is 35.5 Å². The van der Waals surface area contributed by atoms with Crippen LogP contribution < -0.4 is 0 Å². The average Bonchev–Trinajstić information content (AvgIpc) is 2.28. The summed E-state index contributed by atoms with van der Waals surface area (Å²) in [4.78, 5) is 4.35. The Labute approximate surface area is 88.0 Å². The predicted molar refractivity (Wildman–Crippen MR) is 57.2 cm³/mol. The van der Waals surface area contributed by atoms with Crippen molar-refractivity contribution in [1.82, 2.24) is 4.98 Å². The highest BCUT2D eigenvalue weighted by atomic mass is 16.3. The Morgan fingerprint density at radius 2 is 2.13 bits per heavy atom. The molecular weight excluding hydrogens is 190 g/mol. The maximum absolute atomic E-state index is 11.7. The monoisotopic (exact) mass is 202 g/mol. The van der Waals surface area contributed by atoms with Crippen LogP contribution in [0.5, 0.6) is 5.75 Å². The molecule has 0 saturated carbocycles. The predicted octanol–water partition coefficient (Wildman–Crippen LogP) is 2.43. The van der Waals surface area contributed by atoms with Crippen molar-refractivity contribution in [2.75, 3.05) is 0 Å². The van der Waals surface area contributed by atoms with Gasteiger partial charge < -0.3 is 5.11 Å². The van der Waals surface area contributed by atoms with Gasteiger partial charge >= 0.3 is 0 Å². The van der Waals surface area contributed by atoms with E-state index in [2.05, 4.69) is 4.98 Å². The average molecular weight is 202 g/mol. The summed E-state index contributed by atoms with van der Waals surface area (Å²) in [7, 11) is 0. The summed E-state index contributed by atoms with van der Waals surface area (Å²) in [5, 5.41) is 21.3. The topological polar surface area (TPSA) is 53.0 Å². The lowest BCUT2D eigenvalue weighted by molar-refractivity contribution is 0.282. The first-order valence-corrected chi connectivity index (χ1v) is 4.95. The summed E-state index contributed by atoms with van der Waals surface area (Å²) in [5.41, 5.74) is 2.25. The molecule has 77 valence electrons. The van der Waals surface area contributed by atoms with Crippen LogP contribution in [-0.2, 0) is 18.1 Å². The number of aryl methyl sites for hydroxylation is 1. The van der Waals surface area contributed by atoms with Gasteiger partial charge in [0, 0.05) is 17.1 Å². The van der Waals surface area contributed by atoms with E-state index in [9.17, 15) is 5.11 Å². The van der Waals surface area contributed by atoms with Gasteiger partial charge in [-0.2, -0.15) is 0 Å². The van der Waals surface area contributed by atoms with E-state index in [1.807, 2.05) is 6.92 Å². The number of fused-ring (bicyclic) bond motifs is 1. The maximum atomic E-state index is 11.7. The van der Waals surface area contributed by atoms with Crippen molar-refractivity contribution in [1.29, 1.82) is 0 Å². The van der Waals surface area contributed by atoms with E-state index in [0.29, 0.717) is 10.9 Å². The molecule has 3 heteroatoms. The van der Waals surface area contributed by atoms with Crippen molar-refractivity contribution < 1.29 is 10.2 Å². The summed E-state index contributed by atoms with van der Waals surface area (Å²) in [6.07, 6.45) is 0.745. The quantitative estimate of drug-likeness (QED) is 0.813. The lowest BCUT2D eigenvalue weighted by Crippen LogP contribution is -1.90. The second kappa shape index (κ2) is 3.87. The highest BCUT2D eigenvalue weighted by Crippen LogP contribution is 2.25. The first-order chi connectivity index (χ1) is 7.24. The van der Waals surface area contributed by atoms with Gasteiger partial charge in [0.05, 0.1) is 12.1 Å². The van der Waals surface area contributed by atoms with Gasteiger partial charge in [-0.3, -0.25) is 10.1 Å². The molecule has 1 heterocycles. The van der Waals surface area contributed by atoms with Gasteiger partial charge in [0.2, 0.25) is 0 Å². The summed E-state index contributed by atoms with van der Waals surface area (Å²) < 4.78 is 0. The fraction of sp³-hybridized carbons (Fsp3) is 0.250. The van der Waals surface area contributed by atoms with E-state index in [-0.39, 0.29) is 12.4 Å². The number of rotatable bonds is 2. The minimum Gasteiger partial charge on any atom is -0.392 e. The molecule has 0 unspecified atom stereocenters. The Morgan fingerprint density at radius 1 is 1.33 bits per heavy atom. The Bertz CT molecular complexity index is 489. The first-order valence-electron chi connectivity index (χ1n) is 4.95. The fourth-order valence-electron chi connectivity index (χ4n) is 1.57. The number of aliphatic hydroxyl groups is 1. The number of nitrogens with zero attached hydrogens (tertiary/aromatic N) is 1. The number of aromatic nitrogens is 1. The molecule has 0 bridgehead atoms. The van der Waals surface area contributed by atoms with Crippen LogP contribution in [-0.4, -0.2) is 10.1 Å². The van der Waals surface area contributed by atoms with Crippen LogP contribution in [0.3, 0.4) is 0 Å². The van der Waals surface area contributed by atoms with Gasteiger partial charge in [-0.25, -0.2) is 0 Å². The molecule has 0 aliphatic heterocycles. The Balaban J connectivity index is 2.69. The van der Waals surface area contributed by atoms with Crippen LogP contribution in [0.15, 0.2) is 24.3 Å². The third kappa shape index (κ3) is 1.78. The molecule has 1 N–H and O–H groups in total. The van der Waals surface area contributed by atoms with E-state index >= 15 is 0 Å². The molecule has 0 fully saturated rings. The van der Waals surface area contributed by atoms with E-state index in [0.717, 1.165) is 17.7 Å². The molecule has 0 saturated heterocycles. The SMILES string of the molecule is CCc1cc([O])c2ccc(CO)cc2n1. The van der Waals surface area contributed by atoms with Crippen LogP contribution in [0.25, 0.3) is 10.9 Å². The van der Waals surface area contributed by atoms with Crippen LogP contribution in [0.2, 0.25) is 0 Å². The molecule has 1 aromatic carbocycles. The standard InChI is InChI=1S/C12H12NO2/c1-2-9-6-12(15)10-4-3-8(7-14)5-11(10)13-9/h3-6,14H,2,7H2,1H3. The van der Waals surface area contributed by atoms with E-state index in [1.165, 1.54) is 0 Å². The van der Waals surface area contributed by atoms with Gasteiger partial charge in [-0.15, -0.1) is 0 Å². The van der Waals surface area contributed by atoms with Crippen molar-refractivity contribution in [2.24, 2.45) is 0 Å². The third-order valence-corrected chi connectivity index (χ3v) is 2.43. The van der Waals surface area contributed by atoms with E-state index in [1.54, 1.807) is 24.3 Å². The zero-order valence-electron chi connectivity index (χ0n) is 8.53. The van der Waals surface area contributed by atoms with E-state index < -0.39 is 0 Å². The summed E-state index contributed by atoms with van der Waals surface area (Å²) in [5.74, 6) is 0.00124. The molecule has 2 rings (SSSR count). The molecule has 3 nitrogen and oxygen atoms in total. The Morgan fingerprint density at radius 3 is 2.80 bits per heavy atom. The number of pyridine rings is 1. The number of hydrogen-bond acceptors (Lipinski definition) is 2. The summed E-state index contributed by atoms with van der Waals surface area (Å²) in [6, 6.07) is 6.80. The lowest BCUT2D eigenvalue weighted by atomic mass is 10.1. The summed E-state index contributed by atoms with van der Waals surface area (Å²) in [6.45, 7) is 1.94.